The number of nitrogens with one attached hydrogen (secondary N) is 1. The van der Waals surface area contributed by atoms with Gasteiger partial charge in [-0.05, 0) is 37.3 Å². The molecule has 0 radical (unpaired) electrons. The van der Waals surface area contributed by atoms with Crippen molar-refractivity contribution in [1.82, 2.24) is 20.0 Å². The summed E-state index contributed by atoms with van der Waals surface area (Å²) in [5.74, 6) is -1.43. The number of thiol groups is 1. The maximum atomic E-state index is 14.5. The number of halogens is 4. The SMILES string of the molecule is C/C(=C(/C(=O)N(C)CCc1ccccc1)N1CCNCC1)N(C=O)Cc1c(F)cccc1C(F)(F)F.CS. The van der Waals surface area contributed by atoms with Gasteiger partial charge in [-0.2, -0.15) is 25.8 Å². The van der Waals surface area contributed by atoms with E-state index in [9.17, 15) is 27.2 Å². The van der Waals surface area contributed by atoms with Crippen molar-refractivity contribution < 1.29 is 27.2 Å². The van der Waals surface area contributed by atoms with Crippen LogP contribution in [0.4, 0.5) is 17.6 Å². The fraction of sp³-hybridized carbons (Fsp3) is 0.407. The summed E-state index contributed by atoms with van der Waals surface area (Å²) in [7, 11) is 1.64. The van der Waals surface area contributed by atoms with Crippen LogP contribution in [0.3, 0.4) is 0 Å². The first-order valence-corrected chi connectivity index (χ1v) is 13.0. The van der Waals surface area contributed by atoms with Gasteiger partial charge in [0.15, 0.2) is 0 Å². The minimum Gasteiger partial charge on any atom is -0.363 e. The van der Waals surface area contributed by atoms with Gasteiger partial charge in [-0.1, -0.05) is 36.4 Å². The Hall–Kier alpha value is -3.05. The summed E-state index contributed by atoms with van der Waals surface area (Å²) in [6.07, 6.45) is -2.15. The molecule has 2 amide bonds. The molecule has 1 aliphatic heterocycles. The molecule has 0 aliphatic carbocycles. The highest BCUT2D eigenvalue weighted by Crippen LogP contribution is 2.34. The van der Waals surface area contributed by atoms with Gasteiger partial charge in [-0.25, -0.2) is 4.39 Å². The Bertz CT molecular complexity index is 1090. The van der Waals surface area contributed by atoms with E-state index in [-0.39, 0.29) is 17.3 Å². The molecule has 0 atom stereocenters. The molecule has 1 fully saturated rings. The van der Waals surface area contributed by atoms with Crippen LogP contribution in [0.2, 0.25) is 0 Å². The molecule has 1 N–H and O–H groups in total. The zero-order valence-corrected chi connectivity index (χ0v) is 22.7. The van der Waals surface area contributed by atoms with Gasteiger partial charge in [-0.15, -0.1) is 0 Å². The molecule has 2 aromatic carbocycles. The Kier molecular flexibility index (Phi) is 12.1. The number of hydrogen-bond donors (Lipinski definition) is 2. The summed E-state index contributed by atoms with van der Waals surface area (Å²) in [5.41, 5.74) is -0.377. The lowest BCUT2D eigenvalue weighted by atomic mass is 10.1. The molecule has 1 saturated heterocycles. The maximum Gasteiger partial charge on any atom is 0.416 e. The highest BCUT2D eigenvalue weighted by Gasteiger charge is 2.35. The molecular formula is C27H34F4N4O2S. The monoisotopic (exact) mass is 554 g/mol. The molecular weight excluding hydrogens is 520 g/mol. The average molecular weight is 555 g/mol. The van der Waals surface area contributed by atoms with E-state index in [0.29, 0.717) is 45.6 Å². The highest BCUT2D eigenvalue weighted by atomic mass is 32.1. The number of rotatable bonds is 9. The summed E-state index contributed by atoms with van der Waals surface area (Å²) < 4.78 is 55.1. The zero-order chi connectivity index (χ0) is 28.3. The summed E-state index contributed by atoms with van der Waals surface area (Å²) >= 11 is 3.53. The molecule has 38 heavy (non-hydrogen) atoms. The van der Waals surface area contributed by atoms with E-state index < -0.39 is 29.7 Å². The van der Waals surface area contributed by atoms with Gasteiger partial charge >= 0.3 is 6.18 Å². The number of piperazine rings is 1. The van der Waals surface area contributed by atoms with Crippen LogP contribution >= 0.6 is 12.6 Å². The van der Waals surface area contributed by atoms with Gasteiger partial charge in [0, 0.05) is 51.0 Å². The molecule has 1 aliphatic rings. The Morgan fingerprint density at radius 2 is 1.71 bits per heavy atom. The predicted molar refractivity (Wildman–Crippen MR) is 143 cm³/mol. The van der Waals surface area contributed by atoms with E-state index in [2.05, 4.69) is 17.9 Å². The van der Waals surface area contributed by atoms with Crippen LogP contribution < -0.4 is 5.32 Å². The first-order chi connectivity index (χ1) is 18.1. The standard InChI is InChI=1S/C26H30F4N4O2.CH4S/c1-19(34(18-35)17-21-22(26(28,29)30)9-6-10-23(21)27)24(33-15-12-31-13-16-33)25(36)32(2)14-11-20-7-4-3-5-8-20;1-2/h3-10,18,31H,11-17H2,1-2H3;2H,1H3/b24-19+;. The Morgan fingerprint density at radius 3 is 2.29 bits per heavy atom. The second kappa shape index (κ2) is 14.8. The third-order valence-corrected chi connectivity index (χ3v) is 6.21. The Morgan fingerprint density at radius 1 is 1.08 bits per heavy atom. The van der Waals surface area contributed by atoms with Crippen LogP contribution in [0, 0.1) is 5.82 Å². The normalized spacial score (nSPS) is 14.2. The molecule has 0 bridgehead atoms. The fourth-order valence-corrected chi connectivity index (χ4v) is 4.16. The smallest absolute Gasteiger partial charge is 0.363 e. The number of alkyl halides is 3. The first-order valence-electron chi connectivity index (χ1n) is 12.1. The molecule has 0 aromatic heterocycles. The number of carbonyl (C=O) groups excluding carboxylic acids is 2. The number of amides is 2. The van der Waals surface area contributed by atoms with E-state index in [1.807, 2.05) is 35.2 Å². The molecule has 0 spiro atoms. The van der Waals surface area contributed by atoms with Gasteiger partial charge in [0.05, 0.1) is 12.1 Å². The van der Waals surface area contributed by atoms with Crippen molar-refractivity contribution in [3.8, 4) is 0 Å². The first kappa shape index (κ1) is 31.2. The predicted octanol–water partition coefficient (Wildman–Crippen LogP) is 4.19. The van der Waals surface area contributed by atoms with E-state index in [1.54, 1.807) is 13.3 Å². The summed E-state index contributed by atoms with van der Waals surface area (Å²) in [6, 6.07) is 12.3. The van der Waals surface area contributed by atoms with Gasteiger partial charge in [-0.3, -0.25) is 9.59 Å². The van der Waals surface area contributed by atoms with Crippen LogP contribution in [-0.4, -0.2) is 73.0 Å². The Labute approximate surface area is 226 Å². The summed E-state index contributed by atoms with van der Waals surface area (Å²) in [4.78, 5) is 29.9. The van der Waals surface area contributed by atoms with Crippen molar-refractivity contribution >= 4 is 24.9 Å². The van der Waals surface area contributed by atoms with E-state index in [4.69, 9.17) is 0 Å². The van der Waals surface area contributed by atoms with Gasteiger partial charge in [0.1, 0.15) is 11.5 Å². The molecule has 1 heterocycles. The van der Waals surface area contributed by atoms with Gasteiger partial charge in [0.2, 0.25) is 6.41 Å². The van der Waals surface area contributed by atoms with Crippen LogP contribution in [-0.2, 0) is 28.7 Å². The van der Waals surface area contributed by atoms with E-state index in [1.165, 1.54) is 11.8 Å². The number of allylic oxidation sites excluding steroid dienone is 1. The summed E-state index contributed by atoms with van der Waals surface area (Å²) in [5, 5.41) is 3.19. The van der Waals surface area contributed by atoms with Crippen LogP contribution in [0.1, 0.15) is 23.6 Å². The van der Waals surface area contributed by atoms with Crippen LogP contribution in [0.25, 0.3) is 0 Å². The maximum absolute atomic E-state index is 14.5. The number of hydrogen-bond acceptors (Lipinski definition) is 5. The zero-order valence-electron chi connectivity index (χ0n) is 21.8. The molecule has 0 saturated carbocycles. The van der Waals surface area contributed by atoms with E-state index in [0.717, 1.165) is 28.7 Å². The van der Waals surface area contributed by atoms with Crippen molar-refractivity contribution in [2.24, 2.45) is 0 Å². The number of likely N-dealkylation sites (N-methyl/N-ethyl adjacent to an activating group) is 1. The largest absolute Gasteiger partial charge is 0.416 e. The van der Waals surface area contributed by atoms with Crippen LogP contribution in [0.5, 0.6) is 0 Å². The third kappa shape index (κ3) is 8.22. The minimum absolute atomic E-state index is 0.167. The van der Waals surface area contributed by atoms with Crippen molar-refractivity contribution in [3.63, 3.8) is 0 Å². The second-order valence-corrected chi connectivity index (χ2v) is 8.63. The Balaban J connectivity index is 0.00000247. The van der Waals surface area contributed by atoms with Gasteiger partial charge < -0.3 is 20.0 Å². The second-order valence-electron chi connectivity index (χ2n) is 8.63. The van der Waals surface area contributed by atoms with Crippen molar-refractivity contribution in [3.05, 3.63) is 82.4 Å². The lowest BCUT2D eigenvalue weighted by molar-refractivity contribution is -0.139. The number of nitrogens with zero attached hydrogens (tertiary/aromatic N) is 3. The molecule has 11 heteroatoms. The molecule has 6 nitrogen and oxygen atoms in total. The van der Waals surface area contributed by atoms with Gasteiger partial charge in [0.25, 0.3) is 5.91 Å². The highest BCUT2D eigenvalue weighted by molar-refractivity contribution is 7.79. The van der Waals surface area contributed by atoms with Crippen molar-refractivity contribution in [1.29, 1.82) is 0 Å². The van der Waals surface area contributed by atoms with Crippen molar-refractivity contribution in [2.45, 2.75) is 26.1 Å². The fourth-order valence-electron chi connectivity index (χ4n) is 4.16. The van der Waals surface area contributed by atoms with E-state index >= 15 is 0 Å². The lowest BCUT2D eigenvalue weighted by Crippen LogP contribution is -2.48. The number of carbonyl (C=O) groups is 2. The lowest BCUT2D eigenvalue weighted by Gasteiger charge is -2.35. The van der Waals surface area contributed by atoms with Crippen LogP contribution in [0.15, 0.2) is 59.9 Å². The quantitative estimate of drug-likeness (QED) is 0.211. The summed E-state index contributed by atoms with van der Waals surface area (Å²) in [6.45, 7) is 3.40. The third-order valence-electron chi connectivity index (χ3n) is 6.21. The minimum atomic E-state index is -4.79. The van der Waals surface area contributed by atoms with Crippen molar-refractivity contribution in [2.75, 3.05) is 46.0 Å². The molecule has 2 aromatic rings. The molecule has 3 rings (SSSR count). The topological polar surface area (TPSA) is 55.9 Å². The molecule has 208 valence electrons. The molecule has 0 unspecified atom stereocenters. The average Bonchev–Trinajstić information content (AvgIpc) is 2.92. The number of benzene rings is 2.